The number of carbonyl (C=O) groups is 2. The predicted molar refractivity (Wildman–Crippen MR) is 91.1 cm³/mol. The van der Waals surface area contributed by atoms with E-state index in [9.17, 15) is 9.59 Å². The fraction of sp³-hybridized carbons (Fsp3) is 0.294. The Labute approximate surface area is 140 Å². The largest absolute Gasteiger partial charge is 0.465 e. The molecule has 2 N–H and O–H groups in total. The highest BCUT2D eigenvalue weighted by Gasteiger charge is 2.11. The van der Waals surface area contributed by atoms with E-state index >= 15 is 0 Å². The first-order valence-electron chi connectivity index (χ1n) is 7.57. The molecule has 0 aliphatic carbocycles. The van der Waals surface area contributed by atoms with E-state index in [1.165, 1.54) is 13.2 Å². The van der Waals surface area contributed by atoms with E-state index in [2.05, 4.69) is 39.4 Å². The number of esters is 1. The number of hydrogen-bond donors (Lipinski definition) is 2. The van der Waals surface area contributed by atoms with Crippen LogP contribution in [-0.2, 0) is 4.74 Å². The first kappa shape index (κ1) is 17.4. The van der Waals surface area contributed by atoms with E-state index < -0.39 is 11.9 Å². The van der Waals surface area contributed by atoms with E-state index in [0.29, 0.717) is 23.0 Å². The van der Waals surface area contributed by atoms with Crippen LogP contribution >= 0.6 is 0 Å². The minimum atomic E-state index is -0.466. The van der Waals surface area contributed by atoms with Gasteiger partial charge in [-0.05, 0) is 36.2 Å². The van der Waals surface area contributed by atoms with Gasteiger partial charge in [-0.15, -0.1) is 10.2 Å². The number of nitrogens with zero attached hydrogens (tertiary/aromatic N) is 2. The number of benzene rings is 1. The van der Waals surface area contributed by atoms with Gasteiger partial charge in [-0.25, -0.2) is 4.79 Å². The van der Waals surface area contributed by atoms with Crippen LogP contribution in [0.25, 0.3) is 0 Å². The summed E-state index contributed by atoms with van der Waals surface area (Å²) in [7, 11) is 1.30. The summed E-state index contributed by atoms with van der Waals surface area (Å²) in [6.45, 7) is 4.95. The summed E-state index contributed by atoms with van der Waals surface area (Å²) in [5.41, 5.74) is 1.02. The van der Waals surface area contributed by atoms with Crippen LogP contribution < -0.4 is 10.6 Å². The van der Waals surface area contributed by atoms with Crippen LogP contribution in [-0.4, -0.2) is 35.7 Å². The molecule has 7 nitrogen and oxygen atoms in total. The fourth-order valence-corrected chi connectivity index (χ4v) is 1.89. The normalized spacial score (nSPS) is 10.3. The summed E-state index contributed by atoms with van der Waals surface area (Å²) >= 11 is 0. The zero-order valence-electron chi connectivity index (χ0n) is 13.9. The third-order valence-electron chi connectivity index (χ3n) is 3.13. The molecule has 0 spiro atoms. The molecule has 0 aliphatic rings. The Morgan fingerprint density at radius 2 is 1.96 bits per heavy atom. The number of amides is 1. The standard InChI is InChI=1S/C17H20N4O3/c1-11(2)10-18-15-8-7-14(20-21-15)16(22)19-13-6-4-5-12(9-13)17(23)24-3/h4-9,11H,10H2,1-3H3,(H,18,21)(H,19,22). The summed E-state index contributed by atoms with van der Waals surface area (Å²) < 4.78 is 4.65. The van der Waals surface area contributed by atoms with Crippen LogP contribution in [0.5, 0.6) is 0 Å². The van der Waals surface area contributed by atoms with Crippen LogP contribution in [0.1, 0.15) is 34.7 Å². The molecule has 2 rings (SSSR count). The molecule has 2 aromatic rings. The van der Waals surface area contributed by atoms with E-state index in [1.54, 1.807) is 30.3 Å². The van der Waals surface area contributed by atoms with Gasteiger partial charge in [0.2, 0.25) is 0 Å². The molecule has 0 atom stereocenters. The number of carbonyl (C=O) groups excluding carboxylic acids is 2. The van der Waals surface area contributed by atoms with Crippen LogP contribution in [0.15, 0.2) is 36.4 Å². The summed E-state index contributed by atoms with van der Waals surface area (Å²) in [5, 5.41) is 13.7. The van der Waals surface area contributed by atoms with E-state index in [-0.39, 0.29) is 5.69 Å². The molecule has 1 aromatic heterocycles. The Hall–Kier alpha value is -2.96. The average Bonchev–Trinajstić information content (AvgIpc) is 2.59. The van der Waals surface area contributed by atoms with Gasteiger partial charge in [0.1, 0.15) is 5.82 Å². The maximum absolute atomic E-state index is 12.2. The lowest BCUT2D eigenvalue weighted by molar-refractivity contribution is 0.0600. The van der Waals surface area contributed by atoms with Gasteiger partial charge in [0.25, 0.3) is 5.91 Å². The zero-order valence-corrected chi connectivity index (χ0v) is 13.9. The molecule has 126 valence electrons. The Bertz CT molecular complexity index is 714. The molecule has 0 bridgehead atoms. The molecular formula is C17H20N4O3. The van der Waals surface area contributed by atoms with Gasteiger partial charge in [0.05, 0.1) is 12.7 Å². The zero-order chi connectivity index (χ0) is 17.5. The van der Waals surface area contributed by atoms with Crippen molar-refractivity contribution < 1.29 is 14.3 Å². The smallest absolute Gasteiger partial charge is 0.337 e. The predicted octanol–water partition coefficient (Wildman–Crippen LogP) is 2.58. The third kappa shape index (κ3) is 4.77. The number of anilines is 2. The van der Waals surface area contributed by atoms with Gasteiger partial charge in [0, 0.05) is 12.2 Å². The summed E-state index contributed by atoms with van der Waals surface area (Å²) in [6.07, 6.45) is 0. The highest BCUT2D eigenvalue weighted by Crippen LogP contribution is 2.13. The molecule has 0 aliphatic heterocycles. The monoisotopic (exact) mass is 328 g/mol. The molecule has 1 heterocycles. The van der Waals surface area contributed by atoms with E-state index in [4.69, 9.17) is 0 Å². The van der Waals surface area contributed by atoms with Gasteiger partial charge in [-0.1, -0.05) is 19.9 Å². The number of methoxy groups -OCH3 is 1. The molecule has 24 heavy (non-hydrogen) atoms. The molecule has 7 heteroatoms. The molecule has 0 unspecified atom stereocenters. The number of ether oxygens (including phenoxy) is 1. The molecule has 0 fully saturated rings. The minimum Gasteiger partial charge on any atom is -0.465 e. The highest BCUT2D eigenvalue weighted by atomic mass is 16.5. The van der Waals surface area contributed by atoms with Crippen LogP contribution in [0, 0.1) is 5.92 Å². The van der Waals surface area contributed by atoms with Crippen molar-refractivity contribution in [3.63, 3.8) is 0 Å². The first-order chi connectivity index (χ1) is 11.5. The SMILES string of the molecule is COC(=O)c1cccc(NC(=O)c2ccc(NCC(C)C)nn2)c1. The Kier molecular flexibility index (Phi) is 5.83. The van der Waals surface area contributed by atoms with Crippen LogP contribution in [0.3, 0.4) is 0 Å². The second-order valence-electron chi connectivity index (χ2n) is 5.61. The third-order valence-corrected chi connectivity index (χ3v) is 3.13. The van der Waals surface area contributed by atoms with E-state index in [1.807, 2.05) is 0 Å². The fourth-order valence-electron chi connectivity index (χ4n) is 1.89. The quantitative estimate of drug-likeness (QED) is 0.792. The van der Waals surface area contributed by atoms with Crippen molar-refractivity contribution in [2.75, 3.05) is 24.3 Å². The molecular weight excluding hydrogens is 308 g/mol. The van der Waals surface area contributed by atoms with Crippen molar-refractivity contribution in [2.45, 2.75) is 13.8 Å². The van der Waals surface area contributed by atoms with Crippen molar-refractivity contribution >= 4 is 23.4 Å². The summed E-state index contributed by atoms with van der Waals surface area (Å²) in [5.74, 6) is 0.233. The Balaban J connectivity index is 2.03. The summed E-state index contributed by atoms with van der Waals surface area (Å²) in [4.78, 5) is 23.7. The Morgan fingerprint density at radius 1 is 1.17 bits per heavy atom. The second-order valence-corrected chi connectivity index (χ2v) is 5.61. The number of nitrogens with one attached hydrogen (secondary N) is 2. The van der Waals surface area contributed by atoms with Gasteiger partial charge in [-0.3, -0.25) is 4.79 Å². The minimum absolute atomic E-state index is 0.188. The van der Waals surface area contributed by atoms with E-state index in [0.717, 1.165) is 6.54 Å². The van der Waals surface area contributed by atoms with Crippen molar-refractivity contribution in [3.05, 3.63) is 47.7 Å². The molecule has 0 saturated carbocycles. The molecule has 1 amide bonds. The molecule has 0 saturated heterocycles. The van der Waals surface area contributed by atoms with Crippen LogP contribution in [0.4, 0.5) is 11.5 Å². The maximum atomic E-state index is 12.2. The molecule has 1 aromatic carbocycles. The lowest BCUT2D eigenvalue weighted by Crippen LogP contribution is -2.16. The van der Waals surface area contributed by atoms with Gasteiger partial charge in [0.15, 0.2) is 5.69 Å². The van der Waals surface area contributed by atoms with Gasteiger partial charge >= 0.3 is 5.97 Å². The van der Waals surface area contributed by atoms with Crippen molar-refractivity contribution in [1.29, 1.82) is 0 Å². The first-order valence-corrected chi connectivity index (χ1v) is 7.57. The maximum Gasteiger partial charge on any atom is 0.337 e. The number of aromatic nitrogens is 2. The van der Waals surface area contributed by atoms with Crippen LogP contribution in [0.2, 0.25) is 0 Å². The van der Waals surface area contributed by atoms with Gasteiger partial charge in [-0.2, -0.15) is 0 Å². The van der Waals surface area contributed by atoms with Crippen molar-refractivity contribution in [2.24, 2.45) is 5.92 Å². The van der Waals surface area contributed by atoms with Crippen molar-refractivity contribution in [3.8, 4) is 0 Å². The van der Waals surface area contributed by atoms with Gasteiger partial charge < -0.3 is 15.4 Å². The second kappa shape index (κ2) is 8.05. The van der Waals surface area contributed by atoms with Crippen molar-refractivity contribution in [1.82, 2.24) is 10.2 Å². The Morgan fingerprint density at radius 3 is 2.58 bits per heavy atom. The number of hydrogen-bond acceptors (Lipinski definition) is 6. The lowest BCUT2D eigenvalue weighted by atomic mass is 10.2. The average molecular weight is 328 g/mol. The topological polar surface area (TPSA) is 93.2 Å². The summed E-state index contributed by atoms with van der Waals surface area (Å²) in [6, 6.07) is 9.78. The lowest BCUT2D eigenvalue weighted by Gasteiger charge is -2.08. The highest BCUT2D eigenvalue weighted by molar-refractivity contribution is 6.03. The number of rotatable bonds is 6. The molecule has 0 radical (unpaired) electrons.